The van der Waals surface area contributed by atoms with Gasteiger partial charge in [0.1, 0.15) is 6.61 Å². The van der Waals surface area contributed by atoms with Gasteiger partial charge in [-0.15, -0.1) is 12.4 Å². The molecule has 0 radical (unpaired) electrons. The van der Waals surface area contributed by atoms with Crippen LogP contribution in [0.2, 0.25) is 5.02 Å². The van der Waals surface area contributed by atoms with E-state index in [1.54, 1.807) is 18.2 Å². The minimum Gasteiger partial charge on any atom is -0.485 e. The zero-order valence-corrected chi connectivity index (χ0v) is 16.9. The third-order valence-corrected chi connectivity index (χ3v) is 4.61. The van der Waals surface area contributed by atoms with Crippen molar-refractivity contribution in [2.24, 2.45) is 0 Å². The Morgan fingerprint density at radius 2 is 2.07 bits per heavy atom. The minimum atomic E-state index is -1.04. The first-order valence-corrected chi connectivity index (χ1v) is 9.12. The third-order valence-electron chi connectivity index (χ3n) is 4.38. The lowest BCUT2D eigenvalue weighted by atomic mass is 10.0. The third kappa shape index (κ3) is 5.75. The standard InChI is InChI=1S/C20H22ClNO5.ClH/c1-12(22-10-16(23)14-3-2-4-15(21)9-14)7-13-5-6-17-18(8-13)26-11-19(27-17)20(24)25;/h2-6,8-9,12,16,19,22-23H,7,10-11H2,1H3,(H,24,25);1H/t12-,16+,19-;/m1./s1. The van der Waals surface area contributed by atoms with Gasteiger partial charge in [0, 0.05) is 17.6 Å². The molecule has 2 aromatic carbocycles. The van der Waals surface area contributed by atoms with Crippen LogP contribution in [0.3, 0.4) is 0 Å². The Labute approximate surface area is 174 Å². The summed E-state index contributed by atoms with van der Waals surface area (Å²) in [5, 5.41) is 23.2. The smallest absolute Gasteiger partial charge is 0.348 e. The molecule has 0 unspecified atom stereocenters. The van der Waals surface area contributed by atoms with Crippen molar-refractivity contribution < 1.29 is 24.5 Å². The monoisotopic (exact) mass is 427 g/mol. The second kappa shape index (κ2) is 9.98. The molecule has 0 saturated heterocycles. The normalized spacial score (nSPS) is 17.3. The fraction of sp³-hybridized carbons (Fsp3) is 0.350. The number of rotatable bonds is 7. The predicted molar refractivity (Wildman–Crippen MR) is 109 cm³/mol. The van der Waals surface area contributed by atoms with Crippen molar-refractivity contribution in [2.75, 3.05) is 13.2 Å². The molecule has 1 aliphatic heterocycles. The van der Waals surface area contributed by atoms with Gasteiger partial charge in [0.25, 0.3) is 0 Å². The van der Waals surface area contributed by atoms with Gasteiger partial charge in [-0.3, -0.25) is 0 Å². The summed E-state index contributed by atoms with van der Waals surface area (Å²) >= 11 is 5.96. The molecule has 0 spiro atoms. The van der Waals surface area contributed by atoms with Crippen molar-refractivity contribution >= 4 is 30.0 Å². The highest BCUT2D eigenvalue weighted by Crippen LogP contribution is 2.33. The number of nitrogens with one attached hydrogen (secondary N) is 1. The number of hydrogen-bond donors (Lipinski definition) is 3. The first kappa shape index (κ1) is 22.3. The van der Waals surface area contributed by atoms with E-state index in [1.807, 2.05) is 31.2 Å². The molecule has 0 saturated carbocycles. The van der Waals surface area contributed by atoms with Crippen molar-refractivity contribution in [2.45, 2.75) is 31.6 Å². The van der Waals surface area contributed by atoms with E-state index in [-0.39, 0.29) is 25.1 Å². The summed E-state index contributed by atoms with van der Waals surface area (Å²) in [7, 11) is 0. The molecule has 0 aromatic heterocycles. The van der Waals surface area contributed by atoms with Gasteiger partial charge in [0.05, 0.1) is 6.10 Å². The second-order valence-electron chi connectivity index (χ2n) is 6.62. The van der Waals surface area contributed by atoms with E-state index in [0.717, 1.165) is 17.5 Å². The molecule has 1 aliphatic rings. The van der Waals surface area contributed by atoms with Crippen LogP contribution in [0.15, 0.2) is 42.5 Å². The van der Waals surface area contributed by atoms with E-state index < -0.39 is 18.2 Å². The van der Waals surface area contributed by atoms with Crippen LogP contribution in [0.4, 0.5) is 0 Å². The molecule has 152 valence electrons. The molecule has 3 rings (SSSR count). The summed E-state index contributed by atoms with van der Waals surface area (Å²) in [5.41, 5.74) is 1.80. The number of aliphatic hydroxyl groups is 1. The van der Waals surface area contributed by atoms with E-state index in [1.165, 1.54) is 0 Å². The van der Waals surface area contributed by atoms with Crippen LogP contribution in [-0.4, -0.2) is 41.5 Å². The summed E-state index contributed by atoms with van der Waals surface area (Å²) in [6.07, 6.45) is -0.891. The molecule has 6 nitrogen and oxygen atoms in total. The van der Waals surface area contributed by atoms with Gasteiger partial charge in [-0.05, 0) is 48.7 Å². The van der Waals surface area contributed by atoms with Gasteiger partial charge < -0.3 is 25.0 Å². The number of halogens is 2. The Morgan fingerprint density at radius 1 is 1.29 bits per heavy atom. The van der Waals surface area contributed by atoms with E-state index in [9.17, 15) is 9.90 Å². The highest BCUT2D eigenvalue weighted by molar-refractivity contribution is 6.30. The van der Waals surface area contributed by atoms with Crippen LogP contribution < -0.4 is 14.8 Å². The van der Waals surface area contributed by atoms with Gasteiger partial charge in [-0.25, -0.2) is 4.79 Å². The summed E-state index contributed by atoms with van der Waals surface area (Å²) < 4.78 is 10.9. The number of aliphatic hydroxyl groups excluding tert-OH is 1. The summed E-state index contributed by atoms with van der Waals surface area (Å²) in [6.45, 7) is 2.43. The molecular weight excluding hydrogens is 405 g/mol. The molecule has 0 aliphatic carbocycles. The molecule has 3 N–H and O–H groups in total. The summed E-state index contributed by atoms with van der Waals surface area (Å²) in [5.74, 6) is -0.0497. The summed E-state index contributed by atoms with van der Waals surface area (Å²) in [4.78, 5) is 11.0. The Hall–Kier alpha value is -1.99. The van der Waals surface area contributed by atoms with Crippen LogP contribution >= 0.6 is 24.0 Å². The number of ether oxygens (including phenoxy) is 2. The number of hydrogen-bond acceptors (Lipinski definition) is 5. The zero-order chi connectivity index (χ0) is 19.4. The van der Waals surface area contributed by atoms with Gasteiger partial charge in [0.2, 0.25) is 6.10 Å². The Morgan fingerprint density at radius 3 is 2.79 bits per heavy atom. The molecule has 0 fully saturated rings. The predicted octanol–water partition coefficient (Wildman–Crippen LogP) is 3.24. The lowest BCUT2D eigenvalue weighted by Crippen LogP contribution is -2.36. The number of carbonyl (C=O) groups is 1. The SMILES string of the molecule is C[C@H](Cc1ccc2c(c1)OC[C@H](C(=O)O)O2)NC[C@H](O)c1cccc(Cl)c1.Cl. The second-order valence-corrected chi connectivity index (χ2v) is 7.06. The summed E-state index contributed by atoms with van der Waals surface area (Å²) in [6, 6.07) is 12.8. The number of aliphatic carboxylic acids is 1. The highest BCUT2D eigenvalue weighted by atomic mass is 35.5. The van der Waals surface area contributed by atoms with Crippen LogP contribution in [0.1, 0.15) is 24.2 Å². The molecule has 2 aromatic rings. The molecule has 0 bridgehead atoms. The van der Waals surface area contributed by atoms with Crippen molar-refractivity contribution in [3.8, 4) is 11.5 Å². The minimum absolute atomic E-state index is 0. The molecule has 3 atom stereocenters. The van der Waals surface area contributed by atoms with Crippen molar-refractivity contribution in [1.82, 2.24) is 5.32 Å². The average Bonchev–Trinajstić information content (AvgIpc) is 2.65. The van der Waals surface area contributed by atoms with E-state index in [4.69, 9.17) is 26.2 Å². The van der Waals surface area contributed by atoms with Gasteiger partial charge >= 0.3 is 5.97 Å². The number of fused-ring (bicyclic) bond motifs is 1. The van der Waals surface area contributed by atoms with Crippen LogP contribution in [-0.2, 0) is 11.2 Å². The maximum atomic E-state index is 11.0. The topological polar surface area (TPSA) is 88.0 Å². The van der Waals surface area contributed by atoms with Crippen LogP contribution in [0.25, 0.3) is 0 Å². The van der Waals surface area contributed by atoms with Crippen LogP contribution in [0.5, 0.6) is 11.5 Å². The number of carboxylic acids is 1. The van der Waals surface area contributed by atoms with Crippen molar-refractivity contribution in [3.63, 3.8) is 0 Å². The first-order valence-electron chi connectivity index (χ1n) is 8.74. The molecule has 28 heavy (non-hydrogen) atoms. The maximum Gasteiger partial charge on any atom is 0.348 e. The number of benzene rings is 2. The largest absolute Gasteiger partial charge is 0.485 e. The maximum absolute atomic E-state index is 11.0. The number of carboxylic acid groups (broad SMARTS) is 1. The van der Waals surface area contributed by atoms with Crippen molar-refractivity contribution in [1.29, 1.82) is 0 Å². The van der Waals surface area contributed by atoms with Crippen LogP contribution in [0, 0.1) is 0 Å². The Bertz CT molecular complexity index is 817. The lowest BCUT2D eigenvalue weighted by molar-refractivity contribution is -0.147. The van der Waals surface area contributed by atoms with Gasteiger partial charge in [0.15, 0.2) is 11.5 Å². The molecule has 1 heterocycles. The lowest BCUT2D eigenvalue weighted by Gasteiger charge is -2.24. The fourth-order valence-corrected chi connectivity index (χ4v) is 3.13. The molecule has 0 amide bonds. The average molecular weight is 428 g/mol. The van der Waals surface area contributed by atoms with Gasteiger partial charge in [-0.1, -0.05) is 29.8 Å². The van der Waals surface area contributed by atoms with E-state index in [0.29, 0.717) is 23.1 Å². The zero-order valence-electron chi connectivity index (χ0n) is 15.3. The van der Waals surface area contributed by atoms with E-state index >= 15 is 0 Å². The van der Waals surface area contributed by atoms with Crippen molar-refractivity contribution in [3.05, 3.63) is 58.6 Å². The highest BCUT2D eigenvalue weighted by Gasteiger charge is 2.27. The molecular formula is C20H23Cl2NO5. The Kier molecular flexibility index (Phi) is 7.95. The first-order chi connectivity index (χ1) is 12.9. The quantitative estimate of drug-likeness (QED) is 0.628. The molecule has 8 heteroatoms. The fourth-order valence-electron chi connectivity index (χ4n) is 2.93. The van der Waals surface area contributed by atoms with Gasteiger partial charge in [-0.2, -0.15) is 0 Å². The Balaban J connectivity index is 0.00000280. The van der Waals surface area contributed by atoms with E-state index in [2.05, 4.69) is 5.32 Å².